The van der Waals surface area contributed by atoms with Crippen LogP contribution in [0.4, 0.5) is 0 Å². The highest BCUT2D eigenvalue weighted by molar-refractivity contribution is 6.00. The molecule has 0 aliphatic rings. The second kappa shape index (κ2) is 7.49. The number of carbonyl (C=O) groups is 1. The largest absolute Gasteiger partial charge is 0.497 e. The van der Waals surface area contributed by atoms with Crippen LogP contribution in [0.2, 0.25) is 0 Å². The summed E-state index contributed by atoms with van der Waals surface area (Å²) >= 11 is 0. The van der Waals surface area contributed by atoms with Crippen molar-refractivity contribution >= 4 is 11.5 Å². The molecule has 0 bridgehead atoms. The Bertz CT molecular complexity index is 718. The predicted molar refractivity (Wildman–Crippen MR) is 90.1 cm³/mol. The summed E-state index contributed by atoms with van der Waals surface area (Å²) in [6.07, 6.45) is 1.95. The monoisotopic (exact) mass is 312 g/mol. The van der Waals surface area contributed by atoms with E-state index in [1.807, 2.05) is 49.4 Å². The van der Waals surface area contributed by atoms with Crippen molar-refractivity contribution in [3.8, 4) is 11.5 Å². The van der Waals surface area contributed by atoms with Crippen molar-refractivity contribution in [2.45, 2.75) is 6.92 Å². The van der Waals surface area contributed by atoms with E-state index in [0.29, 0.717) is 22.6 Å². The standard InChI is InChI=1S/C19H20O4/c1-5-15(13-9-7-6-8-10-13)16-11-14(21-2)12-17(22-3)18(16)19(20)23-4/h5-12H,1-4H3/b15-5+. The molecule has 0 aliphatic heterocycles. The summed E-state index contributed by atoms with van der Waals surface area (Å²) in [7, 11) is 4.45. The molecular formula is C19H20O4. The van der Waals surface area contributed by atoms with Gasteiger partial charge in [0, 0.05) is 11.6 Å². The van der Waals surface area contributed by atoms with Crippen LogP contribution in [0.25, 0.3) is 5.57 Å². The van der Waals surface area contributed by atoms with Gasteiger partial charge in [0.2, 0.25) is 0 Å². The first-order valence-electron chi connectivity index (χ1n) is 7.22. The van der Waals surface area contributed by atoms with Gasteiger partial charge in [0.1, 0.15) is 17.1 Å². The van der Waals surface area contributed by atoms with Crippen molar-refractivity contribution in [3.63, 3.8) is 0 Å². The van der Waals surface area contributed by atoms with Crippen LogP contribution < -0.4 is 9.47 Å². The molecule has 0 saturated carbocycles. The summed E-state index contributed by atoms with van der Waals surface area (Å²) in [5.41, 5.74) is 2.99. The minimum Gasteiger partial charge on any atom is -0.497 e. The van der Waals surface area contributed by atoms with E-state index in [9.17, 15) is 4.79 Å². The highest BCUT2D eigenvalue weighted by Crippen LogP contribution is 2.36. The molecule has 0 amide bonds. The van der Waals surface area contributed by atoms with Gasteiger partial charge >= 0.3 is 5.97 Å². The summed E-state index contributed by atoms with van der Waals surface area (Å²) in [4.78, 5) is 12.3. The summed E-state index contributed by atoms with van der Waals surface area (Å²) in [5, 5.41) is 0. The van der Waals surface area contributed by atoms with E-state index < -0.39 is 5.97 Å². The average Bonchev–Trinajstić information content (AvgIpc) is 2.61. The number of esters is 1. The fourth-order valence-corrected chi connectivity index (χ4v) is 2.49. The quantitative estimate of drug-likeness (QED) is 0.784. The van der Waals surface area contributed by atoms with Crippen molar-refractivity contribution in [2.24, 2.45) is 0 Å². The third-order valence-corrected chi connectivity index (χ3v) is 3.58. The Balaban J connectivity index is 2.74. The Morgan fingerprint density at radius 1 is 1.00 bits per heavy atom. The Kier molecular flexibility index (Phi) is 5.41. The van der Waals surface area contributed by atoms with Crippen molar-refractivity contribution in [2.75, 3.05) is 21.3 Å². The van der Waals surface area contributed by atoms with E-state index in [4.69, 9.17) is 14.2 Å². The lowest BCUT2D eigenvalue weighted by Gasteiger charge is -2.17. The second-order valence-electron chi connectivity index (χ2n) is 4.81. The lowest BCUT2D eigenvalue weighted by atomic mass is 9.92. The van der Waals surface area contributed by atoms with Crippen LogP contribution >= 0.6 is 0 Å². The van der Waals surface area contributed by atoms with Crippen molar-refractivity contribution in [1.82, 2.24) is 0 Å². The first-order valence-corrected chi connectivity index (χ1v) is 7.22. The minimum absolute atomic E-state index is 0.382. The topological polar surface area (TPSA) is 44.8 Å². The molecular weight excluding hydrogens is 292 g/mol. The van der Waals surface area contributed by atoms with Gasteiger partial charge in [-0.25, -0.2) is 4.79 Å². The molecule has 0 heterocycles. The SMILES string of the molecule is C/C=C(\c1ccccc1)c1cc(OC)cc(OC)c1C(=O)OC. The third-order valence-electron chi connectivity index (χ3n) is 3.58. The number of rotatable bonds is 5. The van der Waals surface area contributed by atoms with Gasteiger partial charge in [-0.2, -0.15) is 0 Å². The fraction of sp³-hybridized carbons (Fsp3) is 0.211. The van der Waals surface area contributed by atoms with Crippen LogP contribution in [0.5, 0.6) is 11.5 Å². The van der Waals surface area contributed by atoms with Crippen molar-refractivity contribution < 1.29 is 19.0 Å². The number of hydrogen-bond donors (Lipinski definition) is 0. The van der Waals surface area contributed by atoms with Gasteiger partial charge in [-0.1, -0.05) is 36.4 Å². The van der Waals surface area contributed by atoms with Gasteiger partial charge in [0.15, 0.2) is 0 Å². The molecule has 0 radical (unpaired) electrons. The maximum absolute atomic E-state index is 12.3. The molecule has 0 saturated heterocycles. The molecule has 2 aromatic rings. The Morgan fingerprint density at radius 3 is 2.22 bits per heavy atom. The van der Waals surface area contributed by atoms with Crippen LogP contribution in [0.15, 0.2) is 48.5 Å². The highest BCUT2D eigenvalue weighted by Gasteiger charge is 2.22. The van der Waals surface area contributed by atoms with Gasteiger partial charge in [-0.15, -0.1) is 0 Å². The number of allylic oxidation sites excluding steroid dienone is 1. The van der Waals surface area contributed by atoms with E-state index >= 15 is 0 Å². The zero-order valence-corrected chi connectivity index (χ0v) is 13.8. The van der Waals surface area contributed by atoms with Gasteiger partial charge in [-0.05, 0) is 24.1 Å². The molecule has 120 valence electrons. The minimum atomic E-state index is -0.449. The molecule has 0 spiro atoms. The molecule has 0 atom stereocenters. The molecule has 0 aliphatic carbocycles. The molecule has 0 fully saturated rings. The first-order chi connectivity index (χ1) is 11.2. The van der Waals surface area contributed by atoms with Crippen LogP contribution in [0.3, 0.4) is 0 Å². The van der Waals surface area contributed by atoms with Gasteiger partial charge in [0.05, 0.1) is 21.3 Å². The van der Waals surface area contributed by atoms with E-state index in [1.165, 1.54) is 14.2 Å². The van der Waals surface area contributed by atoms with Gasteiger partial charge < -0.3 is 14.2 Å². The predicted octanol–water partition coefficient (Wildman–Crippen LogP) is 3.94. The van der Waals surface area contributed by atoms with E-state index in [-0.39, 0.29) is 0 Å². The molecule has 0 aromatic heterocycles. The van der Waals surface area contributed by atoms with Crippen LogP contribution in [0.1, 0.15) is 28.4 Å². The second-order valence-corrected chi connectivity index (χ2v) is 4.81. The molecule has 0 N–H and O–H groups in total. The van der Waals surface area contributed by atoms with Gasteiger partial charge in [0.25, 0.3) is 0 Å². The summed E-state index contributed by atoms with van der Waals surface area (Å²) in [6, 6.07) is 13.3. The number of methoxy groups -OCH3 is 3. The maximum atomic E-state index is 12.3. The third kappa shape index (κ3) is 3.37. The number of carbonyl (C=O) groups excluding carboxylic acids is 1. The van der Waals surface area contributed by atoms with Crippen LogP contribution in [-0.2, 0) is 4.74 Å². The lowest BCUT2D eigenvalue weighted by Crippen LogP contribution is -2.09. The Labute approximate surface area is 136 Å². The number of benzene rings is 2. The number of ether oxygens (including phenoxy) is 3. The van der Waals surface area contributed by atoms with E-state index in [0.717, 1.165) is 11.1 Å². The zero-order chi connectivity index (χ0) is 16.8. The Morgan fingerprint density at radius 2 is 1.70 bits per heavy atom. The summed E-state index contributed by atoms with van der Waals surface area (Å²) in [5.74, 6) is 0.580. The maximum Gasteiger partial charge on any atom is 0.342 e. The molecule has 23 heavy (non-hydrogen) atoms. The summed E-state index contributed by atoms with van der Waals surface area (Å²) in [6.45, 7) is 1.93. The van der Waals surface area contributed by atoms with E-state index in [2.05, 4.69) is 0 Å². The van der Waals surface area contributed by atoms with Gasteiger partial charge in [-0.3, -0.25) is 0 Å². The van der Waals surface area contributed by atoms with Crippen LogP contribution in [-0.4, -0.2) is 27.3 Å². The van der Waals surface area contributed by atoms with Crippen molar-refractivity contribution in [3.05, 3.63) is 65.2 Å². The molecule has 4 nitrogen and oxygen atoms in total. The van der Waals surface area contributed by atoms with E-state index in [1.54, 1.807) is 13.2 Å². The average molecular weight is 312 g/mol. The Hall–Kier alpha value is -2.75. The van der Waals surface area contributed by atoms with Crippen LogP contribution in [0, 0.1) is 0 Å². The molecule has 0 unspecified atom stereocenters. The molecule has 2 rings (SSSR count). The first kappa shape index (κ1) is 16.6. The summed E-state index contributed by atoms with van der Waals surface area (Å²) < 4.78 is 15.6. The zero-order valence-electron chi connectivity index (χ0n) is 13.8. The van der Waals surface area contributed by atoms with Crippen molar-refractivity contribution in [1.29, 1.82) is 0 Å². The fourth-order valence-electron chi connectivity index (χ4n) is 2.49. The molecule has 4 heteroatoms. The smallest absolute Gasteiger partial charge is 0.342 e. The number of hydrogen-bond acceptors (Lipinski definition) is 4. The highest BCUT2D eigenvalue weighted by atomic mass is 16.5. The normalized spacial score (nSPS) is 11.0. The lowest BCUT2D eigenvalue weighted by molar-refractivity contribution is 0.0596. The molecule has 2 aromatic carbocycles.